The highest BCUT2D eigenvalue weighted by atomic mass is 16.6. The molecule has 2 saturated carbocycles. The van der Waals surface area contributed by atoms with Gasteiger partial charge in [-0.3, -0.25) is 4.90 Å². The van der Waals surface area contributed by atoms with Crippen molar-refractivity contribution in [3.8, 4) is 11.5 Å². The standard InChI is InChI=1S/C24H29NO5/c1-13(2)22(27)29-17-7-8-24(28)18-11-15-5-6-16(26)20-19(15)23(24,21(17)30-20)9-10-25(18)12-14-3-4-14/h5-6,14,17-18,21,26,28H,1,3-4,7-12H2,2H3/t17-,18+,21-,23-,24+/m0/s1. The van der Waals surface area contributed by atoms with E-state index in [0.29, 0.717) is 24.2 Å². The molecule has 6 rings (SSSR count). The number of aromatic hydroxyl groups is 1. The van der Waals surface area contributed by atoms with Crippen LogP contribution in [-0.4, -0.2) is 58.0 Å². The van der Waals surface area contributed by atoms with Crippen molar-refractivity contribution in [2.75, 3.05) is 13.1 Å². The molecule has 2 N–H and O–H groups in total. The van der Waals surface area contributed by atoms with E-state index < -0.39 is 29.2 Å². The number of ether oxygens (including phenoxy) is 2. The van der Waals surface area contributed by atoms with Gasteiger partial charge in [0.15, 0.2) is 11.5 Å². The number of hydrogen-bond donors (Lipinski definition) is 2. The van der Waals surface area contributed by atoms with Crippen LogP contribution in [0.1, 0.15) is 50.2 Å². The summed E-state index contributed by atoms with van der Waals surface area (Å²) in [5, 5.41) is 22.9. The van der Waals surface area contributed by atoms with Crippen LogP contribution in [0.4, 0.5) is 0 Å². The highest BCUT2D eigenvalue weighted by molar-refractivity contribution is 5.87. The van der Waals surface area contributed by atoms with Gasteiger partial charge in [0.05, 0.1) is 11.0 Å². The predicted octanol–water partition coefficient (Wildman–Crippen LogP) is 2.44. The lowest BCUT2D eigenvalue weighted by Crippen LogP contribution is -2.77. The van der Waals surface area contributed by atoms with Crippen LogP contribution in [0.2, 0.25) is 0 Å². The number of hydrogen-bond acceptors (Lipinski definition) is 6. The van der Waals surface area contributed by atoms with Gasteiger partial charge in [0.25, 0.3) is 0 Å². The lowest BCUT2D eigenvalue weighted by Gasteiger charge is -2.63. The Bertz CT molecular complexity index is 955. The Labute approximate surface area is 176 Å². The van der Waals surface area contributed by atoms with Gasteiger partial charge in [0.2, 0.25) is 0 Å². The van der Waals surface area contributed by atoms with E-state index in [9.17, 15) is 15.0 Å². The molecule has 3 aliphatic carbocycles. The van der Waals surface area contributed by atoms with Crippen molar-refractivity contribution in [2.24, 2.45) is 5.92 Å². The van der Waals surface area contributed by atoms with Gasteiger partial charge in [-0.25, -0.2) is 4.79 Å². The third-order valence-electron chi connectivity index (χ3n) is 8.32. The second-order valence-corrected chi connectivity index (χ2v) is 10.1. The van der Waals surface area contributed by atoms with Gasteiger partial charge in [-0.05, 0) is 69.5 Å². The number of carbonyl (C=O) groups is 1. The van der Waals surface area contributed by atoms with Gasteiger partial charge >= 0.3 is 5.97 Å². The molecule has 5 aliphatic rings. The Balaban J connectivity index is 1.48. The Kier molecular flexibility index (Phi) is 3.75. The number of benzene rings is 1. The third kappa shape index (κ3) is 2.24. The minimum atomic E-state index is -0.955. The molecule has 160 valence electrons. The van der Waals surface area contributed by atoms with Crippen molar-refractivity contribution < 1.29 is 24.5 Å². The average molecular weight is 411 g/mol. The van der Waals surface area contributed by atoms with Crippen molar-refractivity contribution in [3.05, 3.63) is 35.4 Å². The monoisotopic (exact) mass is 411 g/mol. The number of piperidine rings is 1. The molecule has 6 nitrogen and oxygen atoms in total. The lowest BCUT2D eigenvalue weighted by atomic mass is 9.48. The van der Waals surface area contributed by atoms with Gasteiger partial charge in [0.1, 0.15) is 12.2 Å². The number of likely N-dealkylation sites (tertiary alicyclic amines) is 1. The van der Waals surface area contributed by atoms with Crippen LogP contribution in [0, 0.1) is 5.92 Å². The fraction of sp³-hybridized carbons (Fsp3) is 0.625. The van der Waals surface area contributed by atoms with Crippen LogP contribution in [0.3, 0.4) is 0 Å². The second-order valence-electron chi connectivity index (χ2n) is 10.1. The predicted molar refractivity (Wildman–Crippen MR) is 109 cm³/mol. The molecule has 2 aliphatic heterocycles. The maximum atomic E-state index is 12.3. The highest BCUT2D eigenvalue weighted by Crippen LogP contribution is 2.65. The summed E-state index contributed by atoms with van der Waals surface area (Å²) < 4.78 is 12.2. The van der Waals surface area contributed by atoms with E-state index in [1.165, 1.54) is 12.8 Å². The van der Waals surface area contributed by atoms with Crippen LogP contribution in [0.25, 0.3) is 0 Å². The quantitative estimate of drug-likeness (QED) is 0.585. The molecular formula is C24H29NO5. The van der Waals surface area contributed by atoms with E-state index in [0.717, 1.165) is 43.0 Å². The smallest absolute Gasteiger partial charge is 0.333 e. The number of rotatable bonds is 4. The van der Waals surface area contributed by atoms with Crippen LogP contribution in [0.5, 0.6) is 11.5 Å². The van der Waals surface area contributed by atoms with Crippen LogP contribution in [0.15, 0.2) is 24.3 Å². The number of carbonyl (C=O) groups excluding carboxylic acids is 1. The zero-order valence-corrected chi connectivity index (χ0v) is 17.4. The number of phenols is 1. The SMILES string of the molecule is C=C(C)C(=O)O[C@H]1CC[C@@]2(O)[C@H]3Cc4ccc(O)c5c4[C@@]2(CCN3CC2CC2)[C@H]1O5. The van der Waals surface area contributed by atoms with E-state index in [2.05, 4.69) is 11.5 Å². The summed E-state index contributed by atoms with van der Waals surface area (Å²) in [4.78, 5) is 14.8. The summed E-state index contributed by atoms with van der Waals surface area (Å²) >= 11 is 0. The maximum Gasteiger partial charge on any atom is 0.333 e. The highest BCUT2D eigenvalue weighted by Gasteiger charge is 2.73. The van der Waals surface area contributed by atoms with Gasteiger partial charge in [0, 0.05) is 23.7 Å². The first-order valence-electron chi connectivity index (χ1n) is 11.2. The molecule has 1 aromatic carbocycles. The Morgan fingerprint density at radius 3 is 2.87 bits per heavy atom. The first-order valence-corrected chi connectivity index (χ1v) is 11.2. The molecule has 2 bridgehead atoms. The summed E-state index contributed by atoms with van der Waals surface area (Å²) in [5.74, 6) is 0.902. The van der Waals surface area contributed by atoms with Crippen molar-refractivity contribution in [3.63, 3.8) is 0 Å². The molecule has 1 spiro atoms. The van der Waals surface area contributed by atoms with Crippen molar-refractivity contribution in [1.29, 1.82) is 0 Å². The maximum absolute atomic E-state index is 12.3. The van der Waals surface area contributed by atoms with Gasteiger partial charge in [-0.2, -0.15) is 0 Å². The summed E-state index contributed by atoms with van der Waals surface area (Å²) in [7, 11) is 0. The molecule has 3 fully saturated rings. The largest absolute Gasteiger partial charge is 0.504 e. The fourth-order valence-electron chi connectivity index (χ4n) is 6.79. The van der Waals surface area contributed by atoms with E-state index in [1.807, 2.05) is 6.07 Å². The average Bonchev–Trinajstić information content (AvgIpc) is 3.44. The summed E-state index contributed by atoms with van der Waals surface area (Å²) in [6.07, 6.45) is 4.21. The van der Waals surface area contributed by atoms with Crippen LogP contribution >= 0.6 is 0 Å². The minimum absolute atomic E-state index is 0.0266. The number of aliphatic hydroxyl groups is 1. The van der Waals surface area contributed by atoms with Gasteiger partial charge < -0.3 is 19.7 Å². The van der Waals surface area contributed by atoms with E-state index >= 15 is 0 Å². The van der Waals surface area contributed by atoms with E-state index in [1.54, 1.807) is 13.0 Å². The Morgan fingerprint density at radius 2 is 2.13 bits per heavy atom. The molecule has 0 amide bonds. The zero-order valence-electron chi connectivity index (χ0n) is 17.4. The normalized spacial score (nSPS) is 38.5. The molecular weight excluding hydrogens is 382 g/mol. The third-order valence-corrected chi connectivity index (χ3v) is 8.32. The fourth-order valence-corrected chi connectivity index (χ4v) is 6.79. The molecule has 0 unspecified atom stereocenters. The zero-order chi connectivity index (χ0) is 20.8. The van der Waals surface area contributed by atoms with Crippen molar-refractivity contribution >= 4 is 5.97 Å². The van der Waals surface area contributed by atoms with Gasteiger partial charge in [-0.15, -0.1) is 0 Å². The summed E-state index contributed by atoms with van der Waals surface area (Å²) in [6.45, 7) is 7.28. The van der Waals surface area contributed by atoms with Crippen LogP contribution in [-0.2, 0) is 21.4 Å². The van der Waals surface area contributed by atoms with E-state index in [-0.39, 0.29) is 11.8 Å². The first-order chi connectivity index (χ1) is 14.3. The molecule has 1 aromatic rings. The number of nitrogens with zero attached hydrogens (tertiary/aromatic N) is 1. The number of phenolic OH excluding ortho intramolecular Hbond substituents is 1. The minimum Gasteiger partial charge on any atom is -0.504 e. The summed E-state index contributed by atoms with van der Waals surface area (Å²) in [5.41, 5.74) is 0.842. The van der Waals surface area contributed by atoms with Crippen molar-refractivity contribution in [2.45, 2.75) is 74.7 Å². The lowest BCUT2D eigenvalue weighted by molar-refractivity contribution is -0.215. The molecule has 1 saturated heterocycles. The molecule has 0 aromatic heterocycles. The molecule has 6 heteroatoms. The number of esters is 1. The Morgan fingerprint density at radius 1 is 1.33 bits per heavy atom. The van der Waals surface area contributed by atoms with Crippen LogP contribution < -0.4 is 4.74 Å². The second kappa shape index (κ2) is 6.01. The molecule has 5 atom stereocenters. The van der Waals surface area contributed by atoms with E-state index in [4.69, 9.17) is 9.47 Å². The molecule has 2 heterocycles. The Hall–Kier alpha value is -2.05. The first kappa shape index (κ1) is 18.7. The molecule has 0 radical (unpaired) electrons. The molecule has 30 heavy (non-hydrogen) atoms. The van der Waals surface area contributed by atoms with Crippen molar-refractivity contribution in [1.82, 2.24) is 4.90 Å². The summed E-state index contributed by atoms with van der Waals surface area (Å²) in [6, 6.07) is 3.71. The topological polar surface area (TPSA) is 79.2 Å². The van der Waals surface area contributed by atoms with Gasteiger partial charge in [-0.1, -0.05) is 12.6 Å².